The highest BCUT2D eigenvalue weighted by atomic mass is 16.4. The second-order valence-electron chi connectivity index (χ2n) is 3.57. The van der Waals surface area contributed by atoms with Crippen molar-refractivity contribution in [1.82, 2.24) is 4.98 Å². The summed E-state index contributed by atoms with van der Waals surface area (Å²) in [4.78, 5) is 4.31. The van der Waals surface area contributed by atoms with Gasteiger partial charge in [0.2, 0.25) is 0 Å². The number of aromatic nitrogens is 1. The summed E-state index contributed by atoms with van der Waals surface area (Å²) < 4.78 is 5.43. The van der Waals surface area contributed by atoms with Crippen molar-refractivity contribution in [3.05, 3.63) is 29.9 Å². The van der Waals surface area contributed by atoms with Crippen LogP contribution in [0.4, 0.5) is 0 Å². The van der Waals surface area contributed by atoms with E-state index in [0.717, 1.165) is 12.0 Å². The first-order chi connectivity index (χ1) is 7.61. The summed E-state index contributed by atoms with van der Waals surface area (Å²) in [5.41, 5.74) is 1.43. The molecule has 4 heteroatoms. The average molecular weight is 219 g/mol. The summed E-state index contributed by atoms with van der Waals surface area (Å²) in [7, 11) is 0. The summed E-state index contributed by atoms with van der Waals surface area (Å²) in [5.74, 6) is 1.08. The number of aryl methyl sites for hydroxylation is 2. The number of phenols is 2. The van der Waals surface area contributed by atoms with E-state index in [4.69, 9.17) is 4.42 Å². The van der Waals surface area contributed by atoms with Gasteiger partial charge in [-0.3, -0.25) is 0 Å². The minimum atomic E-state index is -0.155. The van der Waals surface area contributed by atoms with Crippen LogP contribution in [-0.2, 0) is 6.42 Å². The molecule has 1 aromatic carbocycles. The first-order valence-electron chi connectivity index (χ1n) is 5.10. The molecule has 0 atom stereocenters. The Morgan fingerprint density at radius 1 is 1.25 bits per heavy atom. The van der Waals surface area contributed by atoms with Gasteiger partial charge in [-0.05, 0) is 25.1 Å². The molecular formula is C12H13NO3. The molecule has 2 rings (SSSR count). The first-order valence-corrected chi connectivity index (χ1v) is 5.10. The highest BCUT2D eigenvalue weighted by Gasteiger charge is 2.12. The van der Waals surface area contributed by atoms with Crippen LogP contribution < -0.4 is 0 Å². The molecule has 1 aromatic heterocycles. The molecule has 0 aliphatic carbocycles. The Labute approximate surface area is 93.2 Å². The number of aromatic hydroxyl groups is 2. The van der Waals surface area contributed by atoms with E-state index in [0.29, 0.717) is 17.3 Å². The molecule has 0 unspecified atom stereocenters. The van der Waals surface area contributed by atoms with E-state index in [-0.39, 0.29) is 11.5 Å². The van der Waals surface area contributed by atoms with E-state index >= 15 is 0 Å². The average Bonchev–Trinajstić information content (AvgIpc) is 2.64. The van der Waals surface area contributed by atoms with Crippen molar-refractivity contribution >= 4 is 0 Å². The molecule has 4 nitrogen and oxygen atoms in total. The fourth-order valence-electron chi connectivity index (χ4n) is 1.54. The van der Waals surface area contributed by atoms with Crippen molar-refractivity contribution in [2.45, 2.75) is 20.3 Å². The van der Waals surface area contributed by atoms with Gasteiger partial charge in [-0.2, -0.15) is 0 Å². The number of nitrogens with zero attached hydrogens (tertiary/aromatic N) is 1. The van der Waals surface area contributed by atoms with Gasteiger partial charge in [-0.25, -0.2) is 4.98 Å². The quantitative estimate of drug-likeness (QED) is 0.762. The predicted octanol–water partition coefficient (Wildman–Crippen LogP) is 2.62. The lowest BCUT2D eigenvalue weighted by Crippen LogP contribution is -1.82. The molecule has 84 valence electrons. The third-order valence-corrected chi connectivity index (χ3v) is 2.39. The molecule has 0 fully saturated rings. The monoisotopic (exact) mass is 219 g/mol. The van der Waals surface area contributed by atoms with E-state index in [2.05, 4.69) is 4.98 Å². The molecule has 0 radical (unpaired) electrons. The number of hydrogen-bond acceptors (Lipinski definition) is 4. The Kier molecular flexibility index (Phi) is 2.56. The van der Waals surface area contributed by atoms with Crippen molar-refractivity contribution in [1.29, 1.82) is 0 Å². The van der Waals surface area contributed by atoms with Gasteiger partial charge in [0.25, 0.3) is 0 Å². The van der Waals surface area contributed by atoms with Gasteiger partial charge in [0.1, 0.15) is 11.5 Å². The van der Waals surface area contributed by atoms with E-state index in [1.165, 1.54) is 12.1 Å². The molecule has 2 aromatic rings. The van der Waals surface area contributed by atoms with Crippen molar-refractivity contribution in [3.8, 4) is 22.8 Å². The fraction of sp³-hybridized carbons (Fsp3) is 0.250. The van der Waals surface area contributed by atoms with Crippen LogP contribution in [0.5, 0.6) is 11.5 Å². The van der Waals surface area contributed by atoms with Gasteiger partial charge in [0.15, 0.2) is 17.4 Å². The van der Waals surface area contributed by atoms with E-state index in [9.17, 15) is 10.2 Å². The van der Waals surface area contributed by atoms with Crippen molar-refractivity contribution in [2.75, 3.05) is 0 Å². The van der Waals surface area contributed by atoms with E-state index < -0.39 is 0 Å². The summed E-state index contributed by atoms with van der Waals surface area (Å²) >= 11 is 0. The van der Waals surface area contributed by atoms with Crippen LogP contribution in [0.1, 0.15) is 18.6 Å². The number of hydrogen-bond donors (Lipinski definition) is 2. The molecule has 0 bridgehead atoms. The number of oxazole rings is 1. The lowest BCUT2D eigenvalue weighted by atomic mass is 10.1. The van der Waals surface area contributed by atoms with Crippen molar-refractivity contribution in [3.63, 3.8) is 0 Å². The zero-order chi connectivity index (χ0) is 11.7. The number of rotatable bonds is 2. The maximum atomic E-state index is 9.41. The van der Waals surface area contributed by atoms with Gasteiger partial charge in [-0.1, -0.05) is 6.92 Å². The molecule has 0 aliphatic heterocycles. The van der Waals surface area contributed by atoms with Crippen LogP contribution in [0.25, 0.3) is 11.3 Å². The van der Waals surface area contributed by atoms with Crippen LogP contribution in [0.3, 0.4) is 0 Å². The van der Waals surface area contributed by atoms with Crippen LogP contribution in [0.2, 0.25) is 0 Å². The van der Waals surface area contributed by atoms with Crippen LogP contribution in [0.15, 0.2) is 22.6 Å². The maximum absolute atomic E-state index is 9.41. The Hall–Kier alpha value is -1.97. The predicted molar refractivity (Wildman–Crippen MR) is 59.4 cm³/mol. The van der Waals surface area contributed by atoms with Crippen molar-refractivity contribution in [2.24, 2.45) is 0 Å². The summed E-state index contributed by atoms with van der Waals surface area (Å²) in [5, 5.41) is 18.6. The van der Waals surface area contributed by atoms with Crippen LogP contribution >= 0.6 is 0 Å². The maximum Gasteiger partial charge on any atom is 0.194 e. The van der Waals surface area contributed by atoms with Gasteiger partial charge in [0.05, 0.1) is 0 Å². The number of phenolic OH excluding ortho intramolecular Hbond substituents is 2. The summed E-state index contributed by atoms with van der Waals surface area (Å²) in [6.45, 7) is 3.79. The van der Waals surface area contributed by atoms with Gasteiger partial charge >= 0.3 is 0 Å². The zero-order valence-corrected chi connectivity index (χ0v) is 9.19. The van der Waals surface area contributed by atoms with Gasteiger partial charge < -0.3 is 14.6 Å². The third-order valence-electron chi connectivity index (χ3n) is 2.39. The summed E-state index contributed by atoms with van der Waals surface area (Å²) in [6, 6.07) is 4.60. The molecule has 0 saturated heterocycles. The normalized spacial score (nSPS) is 10.6. The molecule has 16 heavy (non-hydrogen) atoms. The first kappa shape index (κ1) is 10.5. The molecular weight excluding hydrogens is 206 g/mol. The van der Waals surface area contributed by atoms with Crippen molar-refractivity contribution < 1.29 is 14.6 Å². The molecule has 0 spiro atoms. The zero-order valence-electron chi connectivity index (χ0n) is 9.19. The second kappa shape index (κ2) is 3.89. The SMILES string of the molecule is CCc1nc(-c2ccc(O)c(O)c2)c(C)o1. The van der Waals surface area contributed by atoms with Crippen LogP contribution in [-0.4, -0.2) is 15.2 Å². The fourth-order valence-corrected chi connectivity index (χ4v) is 1.54. The molecule has 0 aliphatic rings. The van der Waals surface area contributed by atoms with Gasteiger partial charge in [0, 0.05) is 12.0 Å². The second-order valence-corrected chi connectivity index (χ2v) is 3.57. The molecule has 1 heterocycles. The summed E-state index contributed by atoms with van der Waals surface area (Å²) in [6.07, 6.45) is 0.727. The minimum absolute atomic E-state index is 0.138. The smallest absolute Gasteiger partial charge is 0.194 e. The Morgan fingerprint density at radius 2 is 2.00 bits per heavy atom. The van der Waals surface area contributed by atoms with E-state index in [1.807, 2.05) is 13.8 Å². The highest BCUT2D eigenvalue weighted by molar-refractivity contribution is 5.64. The lowest BCUT2D eigenvalue weighted by molar-refractivity contribution is 0.404. The Morgan fingerprint density at radius 3 is 2.56 bits per heavy atom. The topological polar surface area (TPSA) is 66.5 Å². The van der Waals surface area contributed by atoms with Gasteiger partial charge in [-0.15, -0.1) is 0 Å². The standard InChI is InChI=1S/C12H13NO3/c1-3-11-13-12(7(2)16-11)8-4-5-9(14)10(15)6-8/h4-6,14-15H,3H2,1-2H3. The largest absolute Gasteiger partial charge is 0.504 e. The molecule has 0 saturated carbocycles. The lowest BCUT2D eigenvalue weighted by Gasteiger charge is -2.00. The Bertz CT molecular complexity index is 517. The van der Waals surface area contributed by atoms with Crippen LogP contribution in [0, 0.1) is 6.92 Å². The molecule has 0 amide bonds. The van der Waals surface area contributed by atoms with E-state index in [1.54, 1.807) is 6.07 Å². The minimum Gasteiger partial charge on any atom is -0.504 e. The molecule has 2 N–H and O–H groups in total. The Balaban J connectivity index is 2.49. The number of benzene rings is 1. The third kappa shape index (κ3) is 1.74. The highest BCUT2D eigenvalue weighted by Crippen LogP contribution is 2.31.